The van der Waals surface area contributed by atoms with E-state index in [1.54, 1.807) is 24.3 Å². The highest BCUT2D eigenvalue weighted by atomic mass is 16.1. The maximum atomic E-state index is 12.1. The zero-order valence-corrected chi connectivity index (χ0v) is 13.0. The molecule has 0 aliphatic carbocycles. The van der Waals surface area contributed by atoms with Gasteiger partial charge < -0.3 is 10.6 Å². The van der Waals surface area contributed by atoms with Crippen LogP contribution in [0.2, 0.25) is 0 Å². The number of nitrogens with zero attached hydrogens (tertiary/aromatic N) is 1. The lowest BCUT2D eigenvalue weighted by Gasteiger charge is -2.13. The Bertz CT molecular complexity index is 704. The van der Waals surface area contributed by atoms with Gasteiger partial charge in [-0.05, 0) is 56.2 Å². The molecule has 2 rings (SSSR count). The van der Waals surface area contributed by atoms with E-state index < -0.39 is 0 Å². The Labute approximate surface area is 130 Å². The molecule has 2 aromatic rings. The molecule has 1 amide bonds. The molecule has 22 heavy (non-hydrogen) atoms. The minimum absolute atomic E-state index is 0.0978. The number of nitriles is 1. The van der Waals surface area contributed by atoms with Crippen molar-refractivity contribution in [3.63, 3.8) is 0 Å². The quantitative estimate of drug-likeness (QED) is 0.906. The molecule has 4 nitrogen and oxygen atoms in total. The fourth-order valence-corrected chi connectivity index (χ4v) is 2.41. The van der Waals surface area contributed by atoms with Crippen molar-refractivity contribution in [3.8, 4) is 6.07 Å². The lowest BCUT2D eigenvalue weighted by molar-refractivity contribution is -0.114. The smallest absolute Gasteiger partial charge is 0.243 e. The Morgan fingerprint density at radius 3 is 2.23 bits per heavy atom. The molecular formula is C18H19N3O. The van der Waals surface area contributed by atoms with Crippen LogP contribution in [0, 0.1) is 32.1 Å². The number of nitrogens with one attached hydrogen (secondary N) is 2. The van der Waals surface area contributed by atoms with Crippen molar-refractivity contribution in [1.29, 1.82) is 5.26 Å². The second-order valence-electron chi connectivity index (χ2n) is 5.36. The van der Waals surface area contributed by atoms with E-state index in [1.807, 2.05) is 20.8 Å². The Balaban J connectivity index is 1.97. The van der Waals surface area contributed by atoms with Crippen LogP contribution in [0.4, 0.5) is 11.4 Å². The van der Waals surface area contributed by atoms with E-state index in [4.69, 9.17) is 5.26 Å². The highest BCUT2D eigenvalue weighted by molar-refractivity contribution is 5.95. The first-order chi connectivity index (χ1) is 10.5. The second kappa shape index (κ2) is 6.77. The largest absolute Gasteiger partial charge is 0.376 e. The number of hydrogen-bond acceptors (Lipinski definition) is 3. The molecule has 0 aliphatic rings. The van der Waals surface area contributed by atoms with E-state index in [0.717, 1.165) is 22.5 Å². The van der Waals surface area contributed by atoms with Crippen molar-refractivity contribution in [3.05, 3.63) is 58.7 Å². The van der Waals surface area contributed by atoms with Crippen LogP contribution in [-0.2, 0) is 4.79 Å². The van der Waals surface area contributed by atoms with E-state index in [1.165, 1.54) is 5.56 Å². The third-order valence-electron chi connectivity index (χ3n) is 3.41. The van der Waals surface area contributed by atoms with Crippen LogP contribution >= 0.6 is 0 Å². The Kier molecular flexibility index (Phi) is 4.80. The van der Waals surface area contributed by atoms with Crippen LogP contribution in [0.3, 0.4) is 0 Å². The molecule has 112 valence electrons. The Morgan fingerprint density at radius 2 is 1.68 bits per heavy atom. The van der Waals surface area contributed by atoms with Gasteiger partial charge in [0.25, 0.3) is 0 Å². The summed E-state index contributed by atoms with van der Waals surface area (Å²) in [5.41, 5.74) is 5.58. The fourth-order valence-electron chi connectivity index (χ4n) is 2.41. The topological polar surface area (TPSA) is 64.9 Å². The lowest BCUT2D eigenvalue weighted by Crippen LogP contribution is -2.22. The van der Waals surface area contributed by atoms with Crippen LogP contribution in [0.5, 0.6) is 0 Å². The highest BCUT2D eigenvalue weighted by Crippen LogP contribution is 2.21. The van der Waals surface area contributed by atoms with Gasteiger partial charge in [-0.3, -0.25) is 4.79 Å². The molecule has 0 bridgehead atoms. The standard InChI is InChI=1S/C18H19N3O/c1-12-8-13(2)18(14(3)9-12)21-17(22)11-20-16-6-4-15(10-19)5-7-16/h4-9,20H,11H2,1-3H3,(H,21,22). The molecule has 0 atom stereocenters. The maximum absolute atomic E-state index is 12.1. The summed E-state index contributed by atoms with van der Waals surface area (Å²) in [7, 11) is 0. The van der Waals surface area contributed by atoms with Gasteiger partial charge in [0, 0.05) is 11.4 Å². The van der Waals surface area contributed by atoms with Gasteiger partial charge in [-0.15, -0.1) is 0 Å². The van der Waals surface area contributed by atoms with E-state index in [-0.39, 0.29) is 12.5 Å². The lowest BCUT2D eigenvalue weighted by atomic mass is 10.1. The highest BCUT2D eigenvalue weighted by Gasteiger charge is 2.08. The molecule has 4 heteroatoms. The average Bonchev–Trinajstić information content (AvgIpc) is 2.49. The normalized spacial score (nSPS) is 9.91. The number of rotatable bonds is 4. The van der Waals surface area contributed by atoms with Crippen molar-refractivity contribution in [2.45, 2.75) is 20.8 Å². The van der Waals surface area contributed by atoms with Gasteiger partial charge in [0.05, 0.1) is 18.2 Å². The van der Waals surface area contributed by atoms with Crippen molar-refractivity contribution in [2.75, 3.05) is 17.2 Å². The molecule has 0 fully saturated rings. The number of amides is 1. The van der Waals surface area contributed by atoms with E-state index in [2.05, 4.69) is 28.8 Å². The maximum Gasteiger partial charge on any atom is 0.243 e. The minimum atomic E-state index is -0.0978. The van der Waals surface area contributed by atoms with Crippen molar-refractivity contribution < 1.29 is 4.79 Å². The summed E-state index contributed by atoms with van der Waals surface area (Å²) in [6, 6.07) is 13.2. The molecule has 0 aromatic heterocycles. The molecule has 0 unspecified atom stereocenters. The zero-order chi connectivity index (χ0) is 16.1. The third-order valence-corrected chi connectivity index (χ3v) is 3.41. The van der Waals surface area contributed by atoms with Crippen LogP contribution in [0.25, 0.3) is 0 Å². The number of hydrogen-bond donors (Lipinski definition) is 2. The number of anilines is 2. The van der Waals surface area contributed by atoms with Gasteiger partial charge in [-0.2, -0.15) is 5.26 Å². The number of benzene rings is 2. The van der Waals surface area contributed by atoms with Gasteiger partial charge >= 0.3 is 0 Å². The van der Waals surface area contributed by atoms with Crippen LogP contribution in [0.15, 0.2) is 36.4 Å². The molecule has 0 saturated heterocycles. The Morgan fingerprint density at radius 1 is 1.09 bits per heavy atom. The summed E-state index contributed by atoms with van der Waals surface area (Å²) in [5, 5.41) is 14.7. The van der Waals surface area contributed by atoms with E-state index in [0.29, 0.717) is 5.56 Å². The van der Waals surface area contributed by atoms with Crippen molar-refractivity contribution in [1.82, 2.24) is 0 Å². The first-order valence-corrected chi connectivity index (χ1v) is 7.11. The van der Waals surface area contributed by atoms with Gasteiger partial charge in [0.2, 0.25) is 5.91 Å². The van der Waals surface area contributed by atoms with E-state index >= 15 is 0 Å². The summed E-state index contributed by atoms with van der Waals surface area (Å²) >= 11 is 0. The summed E-state index contributed by atoms with van der Waals surface area (Å²) in [5.74, 6) is -0.0978. The molecule has 2 N–H and O–H groups in total. The zero-order valence-electron chi connectivity index (χ0n) is 13.0. The third kappa shape index (κ3) is 3.86. The summed E-state index contributed by atoms with van der Waals surface area (Å²) in [6.45, 7) is 6.20. The molecule has 0 aliphatic heterocycles. The molecule has 0 spiro atoms. The predicted molar refractivity (Wildman–Crippen MR) is 88.9 cm³/mol. The van der Waals surface area contributed by atoms with Gasteiger partial charge in [-0.25, -0.2) is 0 Å². The molecule has 0 radical (unpaired) electrons. The Hall–Kier alpha value is -2.80. The first-order valence-electron chi connectivity index (χ1n) is 7.11. The van der Waals surface area contributed by atoms with Crippen LogP contribution < -0.4 is 10.6 Å². The van der Waals surface area contributed by atoms with E-state index in [9.17, 15) is 4.79 Å². The SMILES string of the molecule is Cc1cc(C)c(NC(=O)CNc2ccc(C#N)cc2)c(C)c1. The van der Waals surface area contributed by atoms with Crippen molar-refractivity contribution >= 4 is 17.3 Å². The van der Waals surface area contributed by atoms with Crippen molar-refractivity contribution in [2.24, 2.45) is 0 Å². The minimum Gasteiger partial charge on any atom is -0.376 e. The average molecular weight is 293 g/mol. The van der Waals surface area contributed by atoms with Gasteiger partial charge in [0.15, 0.2) is 0 Å². The first kappa shape index (κ1) is 15.6. The summed E-state index contributed by atoms with van der Waals surface area (Å²) in [6.07, 6.45) is 0. The van der Waals surface area contributed by atoms with Crippen LogP contribution in [-0.4, -0.2) is 12.5 Å². The molecule has 0 heterocycles. The number of aryl methyl sites for hydroxylation is 3. The molecular weight excluding hydrogens is 274 g/mol. The number of carbonyl (C=O) groups excluding carboxylic acids is 1. The molecule has 0 saturated carbocycles. The predicted octanol–water partition coefficient (Wildman–Crippen LogP) is 3.53. The molecule has 2 aromatic carbocycles. The van der Waals surface area contributed by atoms with Crippen LogP contribution in [0.1, 0.15) is 22.3 Å². The fraction of sp³-hybridized carbons (Fsp3) is 0.222. The monoisotopic (exact) mass is 293 g/mol. The van der Waals surface area contributed by atoms with Gasteiger partial charge in [0.1, 0.15) is 0 Å². The number of carbonyl (C=O) groups is 1. The second-order valence-corrected chi connectivity index (χ2v) is 5.36. The summed E-state index contributed by atoms with van der Waals surface area (Å²) < 4.78 is 0. The summed E-state index contributed by atoms with van der Waals surface area (Å²) in [4.78, 5) is 12.1. The van der Waals surface area contributed by atoms with Gasteiger partial charge in [-0.1, -0.05) is 17.7 Å².